The highest BCUT2D eigenvalue weighted by Gasteiger charge is 2.31. The molecule has 0 aromatic carbocycles. The fourth-order valence-corrected chi connectivity index (χ4v) is 2.37. The Morgan fingerprint density at radius 2 is 1.86 bits per heavy atom. The summed E-state index contributed by atoms with van der Waals surface area (Å²) in [7, 11) is 0. The Balaban J connectivity index is 1.98. The van der Waals surface area contributed by atoms with Gasteiger partial charge in [-0.15, -0.1) is 20.4 Å². The van der Waals surface area contributed by atoms with Crippen LogP contribution >= 0.6 is 11.8 Å². The van der Waals surface area contributed by atoms with E-state index in [9.17, 15) is 13.2 Å². The van der Waals surface area contributed by atoms with E-state index in [1.807, 2.05) is 6.07 Å². The number of halogens is 3. The summed E-state index contributed by atoms with van der Waals surface area (Å²) in [5, 5.41) is 24.3. The molecule has 0 atom stereocenters. The van der Waals surface area contributed by atoms with Crippen LogP contribution in [0.5, 0.6) is 0 Å². The van der Waals surface area contributed by atoms with Crippen LogP contribution in [-0.2, 0) is 6.18 Å². The predicted octanol–water partition coefficient (Wildman–Crippen LogP) is 2.56. The monoisotopic (exact) mass is 322 g/mol. The van der Waals surface area contributed by atoms with E-state index in [0.717, 1.165) is 24.0 Å². The highest BCUT2D eigenvalue weighted by atomic mass is 32.2. The standard InChI is InChI=1S/C12H5F3N6S/c13-12(14,15)7-1-3-9-18-20-11(21(9)6-7)22-10-4-2-8(5-16)17-19-10/h1-4,6H. The third-order valence-electron chi connectivity index (χ3n) is 2.65. The summed E-state index contributed by atoms with van der Waals surface area (Å²) in [4.78, 5) is 0. The maximum absolute atomic E-state index is 12.8. The lowest BCUT2D eigenvalue weighted by atomic mass is 10.3. The molecule has 10 heteroatoms. The topological polar surface area (TPSA) is 79.8 Å². The van der Waals surface area contributed by atoms with Crippen molar-refractivity contribution < 1.29 is 13.2 Å². The summed E-state index contributed by atoms with van der Waals surface area (Å²) in [6, 6.07) is 7.00. The van der Waals surface area contributed by atoms with Gasteiger partial charge in [0.2, 0.25) is 5.16 Å². The Bertz CT molecular complexity index is 865. The molecule has 0 saturated heterocycles. The Morgan fingerprint density at radius 1 is 1.05 bits per heavy atom. The fraction of sp³-hybridized carbons (Fsp3) is 0.0833. The van der Waals surface area contributed by atoms with Crippen LogP contribution in [0.15, 0.2) is 40.6 Å². The van der Waals surface area contributed by atoms with Crippen molar-refractivity contribution in [1.29, 1.82) is 5.26 Å². The van der Waals surface area contributed by atoms with Crippen molar-refractivity contribution in [3.8, 4) is 6.07 Å². The number of pyridine rings is 1. The minimum atomic E-state index is -4.45. The molecule has 3 rings (SSSR count). The summed E-state index contributed by atoms with van der Waals surface area (Å²) in [6.45, 7) is 0. The maximum Gasteiger partial charge on any atom is 0.417 e. The lowest BCUT2D eigenvalue weighted by Crippen LogP contribution is -2.06. The van der Waals surface area contributed by atoms with Gasteiger partial charge in [0.25, 0.3) is 0 Å². The van der Waals surface area contributed by atoms with Crippen molar-refractivity contribution >= 4 is 17.4 Å². The molecule has 0 aliphatic carbocycles. The molecule has 3 aromatic heterocycles. The Kier molecular flexibility index (Phi) is 3.42. The molecule has 0 spiro atoms. The lowest BCUT2D eigenvalue weighted by Gasteiger charge is -2.07. The second-order valence-corrected chi connectivity index (χ2v) is 5.08. The molecule has 0 amide bonds. The Labute approximate surface area is 125 Å². The van der Waals surface area contributed by atoms with Crippen LogP contribution in [0.1, 0.15) is 11.3 Å². The number of rotatable bonds is 2. The highest BCUT2D eigenvalue weighted by Crippen LogP contribution is 2.31. The zero-order valence-corrected chi connectivity index (χ0v) is 11.4. The molecular weight excluding hydrogens is 317 g/mol. The maximum atomic E-state index is 12.8. The van der Waals surface area contributed by atoms with Gasteiger partial charge in [-0.05, 0) is 36.0 Å². The molecule has 0 N–H and O–H groups in total. The summed E-state index contributed by atoms with van der Waals surface area (Å²) < 4.78 is 39.5. The van der Waals surface area contributed by atoms with Crippen LogP contribution in [0.2, 0.25) is 0 Å². The van der Waals surface area contributed by atoms with E-state index < -0.39 is 11.7 Å². The van der Waals surface area contributed by atoms with Gasteiger partial charge in [-0.25, -0.2) is 0 Å². The van der Waals surface area contributed by atoms with Crippen molar-refractivity contribution in [3.05, 3.63) is 41.7 Å². The third-order valence-corrected chi connectivity index (χ3v) is 3.54. The smallest absolute Gasteiger partial charge is 0.277 e. The van der Waals surface area contributed by atoms with Crippen molar-refractivity contribution in [2.24, 2.45) is 0 Å². The van der Waals surface area contributed by atoms with Crippen molar-refractivity contribution in [2.75, 3.05) is 0 Å². The first-order valence-electron chi connectivity index (χ1n) is 5.81. The van der Waals surface area contributed by atoms with Crippen molar-refractivity contribution in [1.82, 2.24) is 24.8 Å². The van der Waals surface area contributed by atoms with Gasteiger partial charge in [-0.1, -0.05) is 0 Å². The zero-order valence-electron chi connectivity index (χ0n) is 10.6. The summed E-state index contributed by atoms with van der Waals surface area (Å²) in [5.74, 6) is 0. The largest absolute Gasteiger partial charge is 0.417 e. The predicted molar refractivity (Wildman–Crippen MR) is 68.9 cm³/mol. The van der Waals surface area contributed by atoms with Gasteiger partial charge in [0.15, 0.2) is 11.3 Å². The van der Waals surface area contributed by atoms with E-state index in [-0.39, 0.29) is 16.5 Å². The molecule has 0 fully saturated rings. The van der Waals surface area contributed by atoms with Crippen LogP contribution in [0.4, 0.5) is 13.2 Å². The first-order valence-corrected chi connectivity index (χ1v) is 6.63. The van der Waals surface area contributed by atoms with E-state index in [4.69, 9.17) is 5.26 Å². The average Bonchev–Trinajstić information content (AvgIpc) is 2.89. The summed E-state index contributed by atoms with van der Waals surface area (Å²) in [5.41, 5.74) is -0.362. The molecule has 0 unspecified atom stereocenters. The van der Waals surface area contributed by atoms with Crippen LogP contribution in [0.25, 0.3) is 5.65 Å². The zero-order chi connectivity index (χ0) is 15.7. The van der Waals surface area contributed by atoms with Gasteiger partial charge >= 0.3 is 6.18 Å². The minimum Gasteiger partial charge on any atom is -0.277 e. The molecule has 0 aliphatic heterocycles. The van der Waals surface area contributed by atoms with E-state index in [2.05, 4.69) is 20.4 Å². The van der Waals surface area contributed by atoms with Gasteiger partial charge in [0, 0.05) is 6.20 Å². The molecule has 3 heterocycles. The van der Waals surface area contributed by atoms with Crippen molar-refractivity contribution in [3.63, 3.8) is 0 Å². The minimum absolute atomic E-state index is 0.148. The van der Waals surface area contributed by atoms with Crippen LogP contribution < -0.4 is 0 Å². The lowest BCUT2D eigenvalue weighted by molar-refractivity contribution is -0.137. The van der Waals surface area contributed by atoms with Gasteiger partial charge in [-0.2, -0.15) is 18.4 Å². The van der Waals surface area contributed by atoms with Crippen LogP contribution in [0.3, 0.4) is 0 Å². The number of fused-ring (bicyclic) bond motifs is 1. The number of hydrogen-bond acceptors (Lipinski definition) is 6. The van der Waals surface area contributed by atoms with E-state index >= 15 is 0 Å². The van der Waals surface area contributed by atoms with Crippen LogP contribution in [0, 0.1) is 11.3 Å². The first-order chi connectivity index (χ1) is 10.5. The molecule has 0 radical (unpaired) electrons. The molecule has 0 saturated carbocycles. The van der Waals surface area contributed by atoms with Crippen molar-refractivity contribution in [2.45, 2.75) is 16.4 Å². The van der Waals surface area contributed by atoms with Gasteiger partial charge in [-0.3, -0.25) is 4.40 Å². The quantitative estimate of drug-likeness (QED) is 0.721. The molecule has 22 heavy (non-hydrogen) atoms. The second kappa shape index (κ2) is 5.27. The number of alkyl halides is 3. The van der Waals surface area contributed by atoms with E-state index in [1.54, 1.807) is 0 Å². The summed E-state index contributed by atoms with van der Waals surface area (Å²) >= 11 is 1.00. The molecule has 6 nitrogen and oxygen atoms in total. The Morgan fingerprint density at radius 3 is 2.50 bits per heavy atom. The van der Waals surface area contributed by atoms with Gasteiger partial charge in [0.05, 0.1) is 5.56 Å². The molecule has 0 bridgehead atoms. The highest BCUT2D eigenvalue weighted by molar-refractivity contribution is 7.99. The third kappa shape index (κ3) is 2.71. The first kappa shape index (κ1) is 14.3. The molecule has 110 valence electrons. The molecule has 3 aromatic rings. The molecular formula is C12H5F3N6S. The number of nitrogens with zero attached hydrogens (tertiary/aromatic N) is 6. The molecule has 0 aliphatic rings. The van der Waals surface area contributed by atoms with E-state index in [1.165, 1.54) is 22.6 Å². The Hall–Kier alpha value is -2.67. The number of nitriles is 1. The van der Waals surface area contributed by atoms with Crippen LogP contribution in [-0.4, -0.2) is 24.8 Å². The fourth-order valence-electron chi connectivity index (χ4n) is 1.63. The SMILES string of the molecule is N#Cc1ccc(Sc2nnc3ccc(C(F)(F)F)cn23)nn1. The normalized spacial score (nSPS) is 11.5. The van der Waals surface area contributed by atoms with Gasteiger partial charge in [0.1, 0.15) is 11.1 Å². The van der Waals surface area contributed by atoms with E-state index in [0.29, 0.717) is 5.03 Å². The average molecular weight is 322 g/mol. The number of aromatic nitrogens is 5. The number of hydrogen-bond donors (Lipinski definition) is 0. The summed E-state index contributed by atoms with van der Waals surface area (Å²) in [6.07, 6.45) is -3.52. The second-order valence-electron chi connectivity index (χ2n) is 4.10. The van der Waals surface area contributed by atoms with Gasteiger partial charge < -0.3 is 0 Å².